The highest BCUT2D eigenvalue weighted by molar-refractivity contribution is 7.99. The minimum atomic E-state index is 0.0745. The van der Waals surface area contributed by atoms with Gasteiger partial charge in [0, 0.05) is 20.1 Å². The van der Waals surface area contributed by atoms with Crippen LogP contribution in [0.4, 0.5) is 0 Å². The summed E-state index contributed by atoms with van der Waals surface area (Å²) in [6, 6.07) is 13.2. The summed E-state index contributed by atoms with van der Waals surface area (Å²) < 4.78 is 0. The van der Waals surface area contributed by atoms with Crippen molar-refractivity contribution in [1.82, 2.24) is 0 Å². The second-order valence-electron chi connectivity index (χ2n) is 5.41. The fraction of sp³-hybridized carbons (Fsp3) is 0.250. The van der Waals surface area contributed by atoms with E-state index < -0.39 is 0 Å². The number of hydrogen-bond donors (Lipinski definition) is 1. The number of thiol groups is 1. The highest BCUT2D eigenvalue weighted by atomic mass is 32.2. The summed E-state index contributed by atoms with van der Waals surface area (Å²) >= 11 is 6.32. The maximum atomic E-state index is 4.45. The van der Waals surface area contributed by atoms with Crippen molar-refractivity contribution in [3.63, 3.8) is 0 Å². The molecule has 0 spiro atoms. The van der Waals surface area contributed by atoms with E-state index in [-0.39, 0.29) is 5.41 Å². The Labute approximate surface area is 118 Å². The van der Waals surface area contributed by atoms with Gasteiger partial charge in [-0.25, -0.2) is 0 Å². The first-order chi connectivity index (χ1) is 8.48. The van der Waals surface area contributed by atoms with E-state index >= 15 is 0 Å². The molecule has 1 aliphatic heterocycles. The lowest BCUT2D eigenvalue weighted by atomic mass is 9.77. The van der Waals surface area contributed by atoms with Gasteiger partial charge in [0.2, 0.25) is 0 Å². The monoisotopic (exact) mass is 272 g/mol. The van der Waals surface area contributed by atoms with Gasteiger partial charge in [0.25, 0.3) is 0 Å². The Balaban J connectivity index is 2.25. The van der Waals surface area contributed by atoms with Crippen LogP contribution in [0.1, 0.15) is 30.5 Å². The van der Waals surface area contributed by atoms with Crippen LogP contribution in [0.5, 0.6) is 0 Å². The van der Waals surface area contributed by atoms with Crippen LogP contribution in [-0.2, 0) is 5.41 Å². The Morgan fingerprint density at radius 1 is 0.944 bits per heavy atom. The SMILES string of the molecule is Cc1ccc2c(c1)Sc1cc(S)ccc1C2(C)C. The zero-order chi connectivity index (χ0) is 12.9. The van der Waals surface area contributed by atoms with Crippen LogP contribution in [0.25, 0.3) is 0 Å². The molecule has 0 fully saturated rings. The topological polar surface area (TPSA) is 0 Å². The molecular weight excluding hydrogens is 256 g/mol. The average Bonchev–Trinajstić information content (AvgIpc) is 2.27. The van der Waals surface area contributed by atoms with Crippen molar-refractivity contribution in [2.75, 3.05) is 0 Å². The summed E-state index contributed by atoms with van der Waals surface area (Å²) in [5.41, 5.74) is 4.23. The quantitative estimate of drug-likeness (QED) is 0.653. The molecule has 0 aromatic heterocycles. The van der Waals surface area contributed by atoms with Gasteiger partial charge in [0.05, 0.1) is 0 Å². The van der Waals surface area contributed by atoms with E-state index in [4.69, 9.17) is 0 Å². The Morgan fingerprint density at radius 3 is 2.28 bits per heavy atom. The fourth-order valence-electron chi connectivity index (χ4n) is 2.61. The largest absolute Gasteiger partial charge is 0.143 e. The van der Waals surface area contributed by atoms with Crippen molar-refractivity contribution < 1.29 is 0 Å². The molecule has 18 heavy (non-hydrogen) atoms. The van der Waals surface area contributed by atoms with Gasteiger partial charge in [0.15, 0.2) is 0 Å². The molecule has 0 atom stereocenters. The maximum absolute atomic E-state index is 4.45. The molecule has 0 unspecified atom stereocenters. The predicted octanol–water partition coefficient (Wildman–Crippen LogP) is 5.07. The fourth-order valence-corrected chi connectivity index (χ4v) is 4.43. The molecule has 2 aromatic rings. The van der Waals surface area contributed by atoms with E-state index in [2.05, 4.69) is 69.8 Å². The predicted molar refractivity (Wildman–Crippen MR) is 81.1 cm³/mol. The van der Waals surface area contributed by atoms with Crippen LogP contribution >= 0.6 is 24.4 Å². The third-order valence-corrected chi connectivity index (χ3v) is 5.06. The van der Waals surface area contributed by atoms with E-state index in [1.165, 1.54) is 26.5 Å². The normalized spacial score (nSPS) is 16.0. The summed E-state index contributed by atoms with van der Waals surface area (Å²) in [7, 11) is 0. The van der Waals surface area contributed by atoms with Gasteiger partial charge in [-0.05, 0) is 41.8 Å². The zero-order valence-electron chi connectivity index (χ0n) is 10.8. The van der Waals surface area contributed by atoms with Gasteiger partial charge in [0.1, 0.15) is 0 Å². The van der Waals surface area contributed by atoms with Crippen molar-refractivity contribution in [1.29, 1.82) is 0 Å². The molecule has 0 bridgehead atoms. The minimum absolute atomic E-state index is 0.0745. The average molecular weight is 272 g/mol. The first kappa shape index (κ1) is 12.2. The molecule has 92 valence electrons. The van der Waals surface area contributed by atoms with Crippen molar-refractivity contribution in [2.45, 2.75) is 40.9 Å². The molecule has 2 heteroatoms. The Kier molecular flexibility index (Phi) is 2.76. The number of rotatable bonds is 0. The van der Waals surface area contributed by atoms with Crippen molar-refractivity contribution in [3.8, 4) is 0 Å². The lowest BCUT2D eigenvalue weighted by Crippen LogP contribution is -2.23. The third-order valence-electron chi connectivity index (χ3n) is 3.67. The van der Waals surface area contributed by atoms with Gasteiger partial charge >= 0.3 is 0 Å². The second-order valence-corrected chi connectivity index (χ2v) is 7.01. The highest BCUT2D eigenvalue weighted by Crippen LogP contribution is 2.49. The Morgan fingerprint density at radius 2 is 1.56 bits per heavy atom. The van der Waals surface area contributed by atoms with E-state index in [0.717, 1.165) is 4.90 Å². The van der Waals surface area contributed by atoms with E-state index in [0.29, 0.717) is 0 Å². The number of benzene rings is 2. The first-order valence-corrected chi connectivity index (χ1v) is 7.37. The summed E-state index contributed by atoms with van der Waals surface area (Å²) in [6.07, 6.45) is 0. The number of fused-ring (bicyclic) bond motifs is 2. The van der Waals surface area contributed by atoms with Crippen LogP contribution in [-0.4, -0.2) is 0 Å². The molecular formula is C16H16S2. The molecule has 0 nitrogen and oxygen atoms in total. The molecule has 0 saturated carbocycles. The molecule has 3 rings (SSSR count). The molecule has 0 aliphatic carbocycles. The highest BCUT2D eigenvalue weighted by Gasteiger charge is 2.32. The Hall–Kier alpha value is -0.860. The van der Waals surface area contributed by atoms with Gasteiger partial charge < -0.3 is 0 Å². The van der Waals surface area contributed by atoms with E-state index in [9.17, 15) is 0 Å². The summed E-state index contributed by atoms with van der Waals surface area (Å²) in [5.74, 6) is 0. The van der Waals surface area contributed by atoms with Crippen LogP contribution in [0.3, 0.4) is 0 Å². The lowest BCUT2D eigenvalue weighted by Gasteiger charge is -2.34. The van der Waals surface area contributed by atoms with Gasteiger partial charge in [-0.3, -0.25) is 0 Å². The minimum Gasteiger partial charge on any atom is -0.143 e. The van der Waals surface area contributed by atoms with Crippen LogP contribution in [0.2, 0.25) is 0 Å². The number of hydrogen-bond acceptors (Lipinski definition) is 2. The van der Waals surface area contributed by atoms with Crippen LogP contribution in [0, 0.1) is 6.92 Å². The van der Waals surface area contributed by atoms with Gasteiger partial charge in [-0.1, -0.05) is 43.8 Å². The van der Waals surface area contributed by atoms with Crippen molar-refractivity contribution in [2.24, 2.45) is 0 Å². The standard InChI is InChI=1S/C16H16S2/c1-10-4-6-12-14(8-10)18-15-9-11(17)5-7-13(15)16(12,2)3/h4-9,17H,1-3H3. The van der Waals surface area contributed by atoms with E-state index in [1.807, 2.05) is 11.8 Å². The van der Waals surface area contributed by atoms with E-state index in [1.54, 1.807) is 0 Å². The summed E-state index contributed by atoms with van der Waals surface area (Å²) in [6.45, 7) is 6.76. The van der Waals surface area contributed by atoms with Crippen LogP contribution < -0.4 is 0 Å². The third kappa shape index (κ3) is 1.79. The maximum Gasteiger partial charge on any atom is 0.0174 e. The van der Waals surface area contributed by atoms with Crippen molar-refractivity contribution >= 4 is 24.4 Å². The molecule has 2 aromatic carbocycles. The molecule has 0 amide bonds. The zero-order valence-corrected chi connectivity index (χ0v) is 12.5. The van der Waals surface area contributed by atoms with Crippen LogP contribution in [0.15, 0.2) is 51.1 Å². The first-order valence-electron chi connectivity index (χ1n) is 6.11. The van der Waals surface area contributed by atoms with Gasteiger partial charge in [-0.2, -0.15) is 0 Å². The molecule has 0 radical (unpaired) electrons. The number of aryl methyl sites for hydroxylation is 1. The summed E-state index contributed by atoms with van der Waals surface area (Å²) in [4.78, 5) is 3.75. The smallest absolute Gasteiger partial charge is 0.0174 e. The second kappa shape index (κ2) is 4.07. The summed E-state index contributed by atoms with van der Waals surface area (Å²) in [5, 5.41) is 0. The van der Waals surface area contributed by atoms with Gasteiger partial charge in [-0.15, -0.1) is 12.6 Å². The molecule has 1 heterocycles. The molecule has 1 aliphatic rings. The lowest BCUT2D eigenvalue weighted by molar-refractivity contribution is 0.606. The molecule has 0 N–H and O–H groups in total. The Bertz CT molecular complexity index is 573. The van der Waals surface area contributed by atoms with Crippen molar-refractivity contribution in [3.05, 3.63) is 53.1 Å². The molecule has 0 saturated heterocycles.